The molecule has 5 heteroatoms. The van der Waals surface area contributed by atoms with E-state index in [1.54, 1.807) is 6.92 Å². The normalized spacial score (nSPS) is 9.76. The minimum absolute atomic E-state index is 0.222. The number of carboxylic acid groups (broad SMARTS) is 1. The van der Waals surface area contributed by atoms with Gasteiger partial charge < -0.3 is 20.1 Å². The number of hydrogen-bond acceptors (Lipinski definition) is 4. The molecule has 0 aliphatic heterocycles. The van der Waals surface area contributed by atoms with Crippen LogP contribution < -0.4 is 5.32 Å². The lowest BCUT2D eigenvalue weighted by atomic mass is 10.0. The summed E-state index contributed by atoms with van der Waals surface area (Å²) in [5.41, 5.74) is 3.46. The molecule has 0 aromatic heterocycles. The molecule has 5 nitrogen and oxygen atoms in total. The van der Waals surface area contributed by atoms with E-state index >= 15 is 0 Å². The minimum atomic E-state index is -0.745. The van der Waals surface area contributed by atoms with Crippen molar-refractivity contribution in [3.05, 3.63) is 29.3 Å². The Morgan fingerprint density at radius 1 is 1.33 bits per heavy atom. The molecule has 0 aliphatic rings. The molecule has 2 N–H and O–H groups in total. The summed E-state index contributed by atoms with van der Waals surface area (Å²) in [6.45, 7) is 2.61. The number of nitrogens with one attached hydrogen (secondary N) is 1. The number of carboxylic acids is 1. The standard InChI is InChI=1S/C13H20N2O.C3H6O2/c1-14-13-11(7-9-15(2)3)5-4-6-12(13)8-10-16;1-2-3(4)5/h4-6,10,14H,7-9H2,1-3H3;2H2,1H3,(H,4,5). The van der Waals surface area contributed by atoms with Gasteiger partial charge in [0.05, 0.1) is 0 Å². The van der Waals surface area contributed by atoms with Gasteiger partial charge in [-0.1, -0.05) is 25.1 Å². The summed E-state index contributed by atoms with van der Waals surface area (Å²) in [7, 11) is 6.03. The largest absolute Gasteiger partial charge is 0.481 e. The maximum Gasteiger partial charge on any atom is 0.303 e. The van der Waals surface area contributed by atoms with Crippen LogP contribution in [0.15, 0.2) is 18.2 Å². The predicted molar refractivity (Wildman–Crippen MR) is 85.9 cm³/mol. The zero-order chi connectivity index (χ0) is 16.3. The average molecular weight is 294 g/mol. The molecule has 0 fully saturated rings. The topological polar surface area (TPSA) is 69.6 Å². The summed E-state index contributed by atoms with van der Waals surface area (Å²) in [6.07, 6.45) is 2.65. The summed E-state index contributed by atoms with van der Waals surface area (Å²) in [5, 5.41) is 10.9. The smallest absolute Gasteiger partial charge is 0.303 e. The number of nitrogens with zero attached hydrogens (tertiary/aromatic N) is 1. The molecule has 1 rings (SSSR count). The Hall–Kier alpha value is -1.88. The first-order chi connectivity index (χ1) is 9.96. The van der Waals surface area contributed by atoms with Crippen molar-refractivity contribution in [1.82, 2.24) is 4.90 Å². The highest BCUT2D eigenvalue weighted by atomic mass is 16.4. The second-order valence-electron chi connectivity index (χ2n) is 4.87. The van der Waals surface area contributed by atoms with Crippen LogP contribution in [0.3, 0.4) is 0 Å². The lowest BCUT2D eigenvalue weighted by Crippen LogP contribution is -2.16. The van der Waals surface area contributed by atoms with Gasteiger partial charge in [0.2, 0.25) is 0 Å². The van der Waals surface area contributed by atoms with Gasteiger partial charge in [-0.3, -0.25) is 4.79 Å². The van der Waals surface area contributed by atoms with E-state index in [-0.39, 0.29) is 6.42 Å². The van der Waals surface area contributed by atoms with Crippen molar-refractivity contribution in [2.24, 2.45) is 0 Å². The highest BCUT2D eigenvalue weighted by molar-refractivity contribution is 5.66. The van der Waals surface area contributed by atoms with Crippen LogP contribution in [0.1, 0.15) is 24.5 Å². The van der Waals surface area contributed by atoms with Gasteiger partial charge in [0.15, 0.2) is 0 Å². The van der Waals surface area contributed by atoms with E-state index in [4.69, 9.17) is 5.11 Å². The SMILES string of the molecule is CCC(=O)O.CNc1c(CC=O)cccc1CCN(C)C. The van der Waals surface area contributed by atoms with E-state index in [0.29, 0.717) is 6.42 Å². The van der Waals surface area contributed by atoms with Gasteiger partial charge in [0.1, 0.15) is 6.29 Å². The van der Waals surface area contributed by atoms with Crippen molar-refractivity contribution in [1.29, 1.82) is 0 Å². The quantitative estimate of drug-likeness (QED) is 0.753. The number of likely N-dealkylation sites (N-methyl/N-ethyl adjacent to an activating group) is 1. The van der Waals surface area contributed by atoms with Gasteiger partial charge in [0.25, 0.3) is 0 Å². The first-order valence-electron chi connectivity index (χ1n) is 7.04. The molecule has 0 amide bonds. The molecule has 1 aromatic rings. The van der Waals surface area contributed by atoms with Gasteiger partial charge in [-0.05, 0) is 31.6 Å². The van der Waals surface area contributed by atoms with Crippen molar-refractivity contribution in [2.75, 3.05) is 33.0 Å². The number of hydrogen-bond donors (Lipinski definition) is 2. The van der Waals surface area contributed by atoms with Gasteiger partial charge in [-0.2, -0.15) is 0 Å². The molecule has 0 heterocycles. The molecular weight excluding hydrogens is 268 g/mol. The monoisotopic (exact) mass is 294 g/mol. The Morgan fingerprint density at radius 3 is 2.33 bits per heavy atom. The van der Waals surface area contributed by atoms with Crippen LogP contribution in [-0.2, 0) is 22.4 Å². The Bertz CT molecular complexity index is 445. The lowest BCUT2D eigenvalue weighted by molar-refractivity contribution is -0.136. The second kappa shape index (κ2) is 10.9. The summed E-state index contributed by atoms with van der Waals surface area (Å²) in [6, 6.07) is 6.13. The second-order valence-corrected chi connectivity index (χ2v) is 4.87. The molecule has 0 aliphatic carbocycles. The number of carbonyl (C=O) groups is 2. The number of para-hydroxylation sites is 1. The van der Waals surface area contributed by atoms with Crippen LogP contribution in [0.5, 0.6) is 0 Å². The first-order valence-corrected chi connectivity index (χ1v) is 7.04. The highest BCUT2D eigenvalue weighted by Gasteiger charge is 2.06. The highest BCUT2D eigenvalue weighted by Crippen LogP contribution is 2.21. The van der Waals surface area contributed by atoms with Gasteiger partial charge >= 0.3 is 5.97 Å². The van der Waals surface area contributed by atoms with Crippen LogP contribution in [0, 0.1) is 0 Å². The predicted octanol–water partition coefficient (Wildman–Crippen LogP) is 2.05. The van der Waals surface area contributed by atoms with Crippen molar-refractivity contribution in [3.8, 4) is 0 Å². The minimum Gasteiger partial charge on any atom is -0.481 e. The third-order valence-electron chi connectivity index (χ3n) is 2.92. The number of carbonyl (C=O) groups excluding carboxylic acids is 1. The van der Waals surface area contributed by atoms with E-state index in [2.05, 4.69) is 30.4 Å². The maximum atomic E-state index is 10.6. The molecule has 0 radical (unpaired) electrons. The Kier molecular flexibility index (Phi) is 9.88. The van der Waals surface area contributed by atoms with Crippen molar-refractivity contribution >= 4 is 17.9 Å². The molecule has 1 aromatic carbocycles. The van der Waals surface area contributed by atoms with E-state index in [1.807, 2.05) is 19.2 Å². The Labute approximate surface area is 127 Å². The molecule has 0 saturated carbocycles. The fourth-order valence-corrected chi connectivity index (χ4v) is 1.79. The summed E-state index contributed by atoms with van der Waals surface area (Å²) < 4.78 is 0. The number of aliphatic carboxylic acids is 1. The summed E-state index contributed by atoms with van der Waals surface area (Å²) >= 11 is 0. The lowest BCUT2D eigenvalue weighted by Gasteiger charge is -2.15. The van der Waals surface area contributed by atoms with E-state index in [1.165, 1.54) is 5.56 Å². The fourth-order valence-electron chi connectivity index (χ4n) is 1.79. The maximum absolute atomic E-state index is 10.6. The van der Waals surface area contributed by atoms with E-state index in [0.717, 1.165) is 30.5 Å². The summed E-state index contributed by atoms with van der Waals surface area (Å²) in [4.78, 5) is 22.1. The number of benzene rings is 1. The van der Waals surface area contributed by atoms with Crippen LogP contribution in [-0.4, -0.2) is 49.9 Å². The molecule has 0 unspecified atom stereocenters. The average Bonchev–Trinajstić information content (AvgIpc) is 2.46. The van der Waals surface area contributed by atoms with Gasteiger partial charge in [-0.15, -0.1) is 0 Å². The molecular formula is C16H26N2O3. The number of anilines is 1. The number of aldehydes is 1. The zero-order valence-electron chi connectivity index (χ0n) is 13.3. The number of rotatable bonds is 7. The van der Waals surface area contributed by atoms with Crippen LogP contribution in [0.4, 0.5) is 5.69 Å². The molecule has 0 saturated heterocycles. The van der Waals surface area contributed by atoms with Gasteiger partial charge in [-0.25, -0.2) is 0 Å². The molecule has 21 heavy (non-hydrogen) atoms. The molecule has 0 atom stereocenters. The van der Waals surface area contributed by atoms with E-state index in [9.17, 15) is 9.59 Å². The third-order valence-corrected chi connectivity index (χ3v) is 2.92. The Balaban J connectivity index is 0.000000690. The first kappa shape index (κ1) is 19.1. The van der Waals surface area contributed by atoms with Crippen molar-refractivity contribution < 1.29 is 14.7 Å². The van der Waals surface area contributed by atoms with Crippen LogP contribution >= 0.6 is 0 Å². The van der Waals surface area contributed by atoms with Crippen LogP contribution in [0.25, 0.3) is 0 Å². The zero-order valence-corrected chi connectivity index (χ0v) is 13.3. The van der Waals surface area contributed by atoms with E-state index < -0.39 is 5.97 Å². The third kappa shape index (κ3) is 8.09. The fraction of sp³-hybridized carbons (Fsp3) is 0.500. The van der Waals surface area contributed by atoms with Crippen LogP contribution in [0.2, 0.25) is 0 Å². The summed E-state index contributed by atoms with van der Waals surface area (Å²) in [5.74, 6) is -0.745. The molecule has 0 spiro atoms. The van der Waals surface area contributed by atoms with Gasteiger partial charge in [0, 0.05) is 32.1 Å². The van der Waals surface area contributed by atoms with Crippen molar-refractivity contribution in [2.45, 2.75) is 26.2 Å². The Morgan fingerprint density at radius 2 is 1.90 bits per heavy atom. The van der Waals surface area contributed by atoms with Crippen molar-refractivity contribution in [3.63, 3.8) is 0 Å². The molecule has 0 bridgehead atoms. The molecule has 118 valence electrons.